The molecule has 0 saturated heterocycles. The number of hydrogen-bond acceptors (Lipinski definition) is 5. The van der Waals surface area contributed by atoms with Crippen LogP contribution in [0.4, 0.5) is 10.1 Å². The fourth-order valence-corrected chi connectivity index (χ4v) is 4.54. The maximum atomic E-state index is 15.0. The fraction of sp³-hybridized carbons (Fsp3) is 0.222. The minimum absolute atomic E-state index is 0.325. The average molecular weight is 482 g/mol. The van der Waals surface area contributed by atoms with E-state index in [9.17, 15) is 4.79 Å². The van der Waals surface area contributed by atoms with Gasteiger partial charge < -0.3 is 5.32 Å². The first kappa shape index (κ1) is 22.1. The number of amides is 1. The maximum absolute atomic E-state index is 15.0. The van der Waals surface area contributed by atoms with E-state index >= 15 is 4.39 Å². The van der Waals surface area contributed by atoms with Crippen LogP contribution in [0.15, 0.2) is 54.7 Å². The molecule has 0 unspecified atom stereocenters. The highest BCUT2D eigenvalue weighted by molar-refractivity contribution is 6.12. The molecule has 0 bridgehead atoms. The number of carbonyl (C=O) groups excluding carboxylic acids is 1. The number of anilines is 1. The van der Waals surface area contributed by atoms with Gasteiger partial charge in [-0.2, -0.15) is 14.9 Å². The lowest BCUT2D eigenvalue weighted by atomic mass is 10.1. The smallest absolute Gasteiger partial charge is 0.256 e. The summed E-state index contributed by atoms with van der Waals surface area (Å²) in [6.07, 6.45) is 3.77. The van der Waals surface area contributed by atoms with Crippen molar-refractivity contribution in [2.45, 2.75) is 39.5 Å². The van der Waals surface area contributed by atoms with Gasteiger partial charge in [0, 0.05) is 29.2 Å². The number of rotatable bonds is 5. The molecule has 0 spiro atoms. The van der Waals surface area contributed by atoms with Crippen LogP contribution in [0.5, 0.6) is 0 Å². The Morgan fingerprint density at radius 1 is 1.03 bits per heavy atom. The van der Waals surface area contributed by atoms with E-state index in [0.717, 1.165) is 29.9 Å². The molecule has 1 fully saturated rings. The summed E-state index contributed by atoms with van der Waals surface area (Å²) in [7, 11) is 0. The molecule has 4 heterocycles. The maximum Gasteiger partial charge on any atom is 0.256 e. The Balaban J connectivity index is 1.39. The molecule has 6 rings (SSSR count). The second kappa shape index (κ2) is 8.37. The average Bonchev–Trinajstić information content (AvgIpc) is 3.59. The van der Waals surface area contributed by atoms with Gasteiger partial charge >= 0.3 is 0 Å². The number of halogens is 1. The molecule has 9 heteroatoms. The number of fused-ring (bicyclic) bond motifs is 1. The predicted octanol–water partition coefficient (Wildman–Crippen LogP) is 5.20. The van der Waals surface area contributed by atoms with Crippen molar-refractivity contribution in [3.63, 3.8) is 0 Å². The van der Waals surface area contributed by atoms with Crippen LogP contribution >= 0.6 is 0 Å². The van der Waals surface area contributed by atoms with Crippen molar-refractivity contribution < 1.29 is 9.18 Å². The lowest BCUT2D eigenvalue weighted by Gasteiger charge is -2.11. The van der Waals surface area contributed by atoms with Gasteiger partial charge in [0.15, 0.2) is 17.3 Å². The molecule has 0 radical (unpaired) electrons. The number of aromatic nitrogens is 6. The fourth-order valence-electron chi connectivity index (χ4n) is 4.54. The van der Waals surface area contributed by atoms with Crippen molar-refractivity contribution in [1.29, 1.82) is 0 Å². The second-order valence-corrected chi connectivity index (χ2v) is 9.21. The van der Waals surface area contributed by atoms with Crippen molar-refractivity contribution in [2.24, 2.45) is 0 Å². The quantitative estimate of drug-likeness (QED) is 0.373. The number of nitrogens with zero attached hydrogens (tertiary/aromatic N) is 6. The Morgan fingerprint density at radius 3 is 2.53 bits per heavy atom. The van der Waals surface area contributed by atoms with Gasteiger partial charge in [0.1, 0.15) is 5.69 Å². The van der Waals surface area contributed by atoms with Crippen molar-refractivity contribution in [3.8, 4) is 11.5 Å². The highest BCUT2D eigenvalue weighted by Gasteiger charge is 2.29. The first-order chi connectivity index (χ1) is 17.4. The SMILES string of the molecule is Cc1cc(C)n(-c2ccc(NC(=O)c3cc(C4CC4)nc4c3c(C)nn4-c3ccccn3)cc2F)n1. The largest absolute Gasteiger partial charge is 0.322 e. The van der Waals surface area contributed by atoms with Crippen LogP contribution in [0.2, 0.25) is 0 Å². The van der Waals surface area contributed by atoms with E-state index in [1.54, 1.807) is 27.7 Å². The first-order valence-electron chi connectivity index (χ1n) is 11.9. The van der Waals surface area contributed by atoms with Crippen LogP contribution in [0.25, 0.3) is 22.5 Å². The van der Waals surface area contributed by atoms with E-state index in [4.69, 9.17) is 4.98 Å². The van der Waals surface area contributed by atoms with Gasteiger partial charge in [-0.1, -0.05) is 6.07 Å². The van der Waals surface area contributed by atoms with Crippen LogP contribution in [0.1, 0.15) is 51.9 Å². The number of aryl methyl sites for hydroxylation is 3. The van der Waals surface area contributed by atoms with Gasteiger partial charge in [0.2, 0.25) is 0 Å². The molecule has 1 aliphatic carbocycles. The van der Waals surface area contributed by atoms with Gasteiger partial charge in [-0.25, -0.2) is 19.0 Å². The van der Waals surface area contributed by atoms with Crippen LogP contribution in [0, 0.1) is 26.6 Å². The van der Waals surface area contributed by atoms with E-state index in [1.807, 2.05) is 51.1 Å². The van der Waals surface area contributed by atoms with Crippen LogP contribution in [-0.4, -0.2) is 35.4 Å². The zero-order chi connectivity index (χ0) is 25.0. The number of pyridine rings is 2. The third kappa shape index (κ3) is 3.82. The molecule has 0 atom stereocenters. The Kier molecular flexibility index (Phi) is 5.13. The van der Waals surface area contributed by atoms with Crippen LogP contribution in [0.3, 0.4) is 0 Å². The standard InChI is InChI=1S/C27H24FN7O/c1-15-12-16(2)34(32-15)23-10-9-19(13-21(23)28)30-27(36)20-14-22(18-7-8-18)31-26-25(20)17(3)33-35(26)24-6-4-5-11-29-24/h4-6,9-14,18H,7-8H2,1-3H3,(H,30,36). The Bertz CT molecular complexity index is 1630. The van der Waals surface area contributed by atoms with Gasteiger partial charge in [-0.05, 0) is 76.1 Å². The number of benzene rings is 1. The summed E-state index contributed by atoms with van der Waals surface area (Å²) in [4.78, 5) is 22.8. The Labute approximate surface area is 206 Å². The number of carbonyl (C=O) groups is 1. The third-order valence-electron chi connectivity index (χ3n) is 6.38. The monoisotopic (exact) mass is 481 g/mol. The molecule has 1 N–H and O–H groups in total. The van der Waals surface area contributed by atoms with Gasteiger partial charge in [0.25, 0.3) is 5.91 Å². The summed E-state index contributed by atoms with van der Waals surface area (Å²) in [5.41, 5.74) is 4.90. The molecule has 1 aliphatic rings. The molecular weight excluding hydrogens is 457 g/mol. The summed E-state index contributed by atoms with van der Waals surface area (Å²) in [6, 6.07) is 13.9. The number of hydrogen-bond donors (Lipinski definition) is 1. The van der Waals surface area contributed by atoms with E-state index in [1.165, 1.54) is 6.07 Å². The van der Waals surface area contributed by atoms with E-state index < -0.39 is 5.82 Å². The van der Waals surface area contributed by atoms with E-state index in [2.05, 4.69) is 20.5 Å². The van der Waals surface area contributed by atoms with E-state index in [-0.39, 0.29) is 5.91 Å². The Morgan fingerprint density at radius 2 is 1.86 bits per heavy atom. The molecule has 1 aromatic carbocycles. The van der Waals surface area contributed by atoms with Crippen molar-refractivity contribution in [1.82, 2.24) is 29.5 Å². The lowest BCUT2D eigenvalue weighted by Crippen LogP contribution is -2.14. The first-order valence-corrected chi connectivity index (χ1v) is 11.9. The normalized spacial score (nSPS) is 13.3. The lowest BCUT2D eigenvalue weighted by molar-refractivity contribution is 0.102. The predicted molar refractivity (Wildman–Crippen MR) is 134 cm³/mol. The van der Waals surface area contributed by atoms with Gasteiger partial charge in [-0.15, -0.1) is 0 Å². The molecule has 5 aromatic rings. The molecule has 1 saturated carbocycles. The van der Waals surface area contributed by atoms with Crippen molar-refractivity contribution in [3.05, 3.63) is 88.9 Å². The molecule has 0 aliphatic heterocycles. The summed E-state index contributed by atoms with van der Waals surface area (Å²) >= 11 is 0. The number of nitrogens with one attached hydrogen (secondary N) is 1. The summed E-state index contributed by atoms with van der Waals surface area (Å²) < 4.78 is 18.3. The summed E-state index contributed by atoms with van der Waals surface area (Å²) in [5, 5.41) is 12.5. The molecule has 4 aromatic heterocycles. The minimum atomic E-state index is -0.475. The topological polar surface area (TPSA) is 90.5 Å². The summed E-state index contributed by atoms with van der Waals surface area (Å²) in [6.45, 7) is 5.58. The zero-order valence-electron chi connectivity index (χ0n) is 20.2. The minimum Gasteiger partial charge on any atom is -0.322 e. The van der Waals surface area contributed by atoms with Crippen LogP contribution < -0.4 is 5.32 Å². The van der Waals surface area contributed by atoms with Crippen molar-refractivity contribution >= 4 is 22.6 Å². The summed E-state index contributed by atoms with van der Waals surface area (Å²) in [5.74, 6) is 0.137. The molecule has 36 heavy (non-hydrogen) atoms. The molecule has 8 nitrogen and oxygen atoms in total. The van der Waals surface area contributed by atoms with Gasteiger partial charge in [-0.3, -0.25) is 4.79 Å². The van der Waals surface area contributed by atoms with Crippen molar-refractivity contribution in [2.75, 3.05) is 5.32 Å². The third-order valence-corrected chi connectivity index (χ3v) is 6.38. The molecular formula is C27H24FN7O. The van der Waals surface area contributed by atoms with Crippen LogP contribution in [-0.2, 0) is 0 Å². The highest BCUT2D eigenvalue weighted by atomic mass is 19.1. The second-order valence-electron chi connectivity index (χ2n) is 9.21. The Hall–Kier alpha value is -4.40. The van der Waals surface area contributed by atoms with E-state index in [0.29, 0.717) is 45.4 Å². The molecule has 180 valence electrons. The highest BCUT2D eigenvalue weighted by Crippen LogP contribution is 2.40. The zero-order valence-corrected chi connectivity index (χ0v) is 20.2. The van der Waals surface area contributed by atoms with Gasteiger partial charge in [0.05, 0.1) is 22.3 Å². The molecule has 1 amide bonds.